The predicted molar refractivity (Wildman–Crippen MR) is 101 cm³/mol. The molecule has 0 fully saturated rings. The Labute approximate surface area is 158 Å². The first-order chi connectivity index (χ1) is 12.9. The van der Waals surface area contributed by atoms with E-state index in [-0.39, 0.29) is 18.0 Å². The van der Waals surface area contributed by atoms with Gasteiger partial charge in [0.05, 0.1) is 24.3 Å². The molecule has 2 aromatic carbocycles. The third-order valence-corrected chi connectivity index (χ3v) is 4.03. The van der Waals surface area contributed by atoms with E-state index < -0.39 is 5.97 Å². The van der Waals surface area contributed by atoms with Gasteiger partial charge in [0.15, 0.2) is 5.78 Å². The summed E-state index contributed by atoms with van der Waals surface area (Å²) in [5.41, 5.74) is 3.20. The van der Waals surface area contributed by atoms with Crippen LogP contribution in [0.15, 0.2) is 54.1 Å². The molecule has 0 unspecified atom stereocenters. The number of rotatable bonds is 7. The Morgan fingerprint density at radius 3 is 2.44 bits per heavy atom. The number of esters is 1. The number of nitriles is 1. The van der Waals surface area contributed by atoms with Crippen LogP contribution in [-0.2, 0) is 27.4 Å². The second-order valence-corrected chi connectivity index (χ2v) is 6.08. The standard InChI is InChI=1S/C22H21NO4/c1-15-4-6-17(7-5-15)14-27-22(25)20(16(2)24)11-10-19-9-8-18(13-23)12-21(19)26-3/h4-9,11-12H,10,14H2,1-3H3/b20-11+. The van der Waals surface area contributed by atoms with Crippen LogP contribution in [0.2, 0.25) is 0 Å². The smallest absolute Gasteiger partial charge is 0.341 e. The van der Waals surface area contributed by atoms with Crippen LogP contribution in [0.1, 0.15) is 29.2 Å². The van der Waals surface area contributed by atoms with Crippen molar-refractivity contribution in [1.82, 2.24) is 0 Å². The normalized spacial score (nSPS) is 10.8. The monoisotopic (exact) mass is 363 g/mol. The molecule has 0 atom stereocenters. The molecule has 0 radical (unpaired) electrons. The SMILES string of the molecule is COc1cc(C#N)ccc1C/C=C(\C(C)=O)C(=O)OCc1ccc(C)cc1. The highest BCUT2D eigenvalue weighted by Crippen LogP contribution is 2.21. The molecular formula is C22H21NO4. The molecule has 5 heteroatoms. The maximum Gasteiger partial charge on any atom is 0.341 e. The summed E-state index contributed by atoms with van der Waals surface area (Å²) in [4.78, 5) is 24.2. The lowest BCUT2D eigenvalue weighted by atomic mass is 10.0. The van der Waals surface area contributed by atoms with Gasteiger partial charge in [-0.3, -0.25) is 4.79 Å². The Bertz CT molecular complexity index is 905. The summed E-state index contributed by atoms with van der Waals surface area (Å²) < 4.78 is 10.5. The van der Waals surface area contributed by atoms with Crippen LogP contribution in [0.5, 0.6) is 5.75 Å². The molecule has 2 rings (SSSR count). The molecule has 0 bridgehead atoms. The van der Waals surface area contributed by atoms with Gasteiger partial charge in [-0.25, -0.2) is 4.79 Å². The van der Waals surface area contributed by atoms with Crippen molar-refractivity contribution in [3.8, 4) is 11.8 Å². The van der Waals surface area contributed by atoms with Crippen LogP contribution in [0.25, 0.3) is 0 Å². The van der Waals surface area contributed by atoms with E-state index in [0.717, 1.165) is 16.7 Å². The average molecular weight is 363 g/mol. The van der Waals surface area contributed by atoms with Crippen molar-refractivity contribution in [1.29, 1.82) is 5.26 Å². The van der Waals surface area contributed by atoms with E-state index in [0.29, 0.717) is 17.7 Å². The highest BCUT2D eigenvalue weighted by molar-refractivity contribution is 6.16. The minimum atomic E-state index is -0.657. The molecule has 27 heavy (non-hydrogen) atoms. The number of carbonyl (C=O) groups is 2. The van der Waals surface area contributed by atoms with Crippen molar-refractivity contribution in [3.05, 3.63) is 76.4 Å². The largest absolute Gasteiger partial charge is 0.496 e. The summed E-state index contributed by atoms with van der Waals surface area (Å²) in [6, 6.07) is 14.7. The predicted octanol–water partition coefficient (Wildman–Crippen LogP) is 3.68. The molecule has 0 heterocycles. The van der Waals surface area contributed by atoms with Crippen molar-refractivity contribution >= 4 is 11.8 Å². The minimum absolute atomic E-state index is 0.00600. The van der Waals surface area contributed by atoms with Gasteiger partial charge in [0.1, 0.15) is 12.4 Å². The van der Waals surface area contributed by atoms with E-state index in [1.54, 1.807) is 18.2 Å². The van der Waals surface area contributed by atoms with Gasteiger partial charge in [0, 0.05) is 0 Å². The summed E-state index contributed by atoms with van der Waals surface area (Å²) in [5, 5.41) is 8.96. The highest BCUT2D eigenvalue weighted by Gasteiger charge is 2.16. The van der Waals surface area contributed by atoms with Crippen molar-refractivity contribution in [2.45, 2.75) is 26.9 Å². The van der Waals surface area contributed by atoms with Gasteiger partial charge >= 0.3 is 5.97 Å². The van der Waals surface area contributed by atoms with Gasteiger partial charge in [-0.1, -0.05) is 42.0 Å². The molecule has 0 saturated carbocycles. The molecule has 5 nitrogen and oxygen atoms in total. The van der Waals surface area contributed by atoms with Gasteiger partial charge < -0.3 is 9.47 Å². The number of allylic oxidation sites excluding steroid dienone is 1. The van der Waals surface area contributed by atoms with E-state index in [4.69, 9.17) is 14.7 Å². The molecule has 0 saturated heterocycles. The second-order valence-electron chi connectivity index (χ2n) is 6.08. The number of benzene rings is 2. The first-order valence-electron chi connectivity index (χ1n) is 8.45. The van der Waals surface area contributed by atoms with Crippen molar-refractivity contribution < 1.29 is 19.1 Å². The number of carbonyl (C=O) groups excluding carboxylic acids is 2. The van der Waals surface area contributed by atoms with E-state index in [2.05, 4.69) is 0 Å². The van der Waals surface area contributed by atoms with Crippen LogP contribution >= 0.6 is 0 Å². The molecule has 0 N–H and O–H groups in total. The van der Waals surface area contributed by atoms with E-state index >= 15 is 0 Å². The summed E-state index contributed by atoms with van der Waals surface area (Å²) in [6.07, 6.45) is 1.84. The number of Topliss-reactive ketones (excluding diaryl/α,β-unsaturated/α-hetero) is 1. The van der Waals surface area contributed by atoms with Crippen molar-refractivity contribution in [2.75, 3.05) is 7.11 Å². The van der Waals surface area contributed by atoms with Gasteiger partial charge in [-0.15, -0.1) is 0 Å². The molecular weight excluding hydrogens is 342 g/mol. The van der Waals surface area contributed by atoms with Crippen LogP contribution in [-0.4, -0.2) is 18.9 Å². The Kier molecular flexibility index (Phi) is 6.90. The lowest BCUT2D eigenvalue weighted by Crippen LogP contribution is -2.14. The fraction of sp³-hybridized carbons (Fsp3) is 0.227. The fourth-order valence-corrected chi connectivity index (χ4v) is 2.48. The number of ketones is 1. The molecule has 2 aromatic rings. The highest BCUT2D eigenvalue weighted by atomic mass is 16.5. The zero-order valence-corrected chi connectivity index (χ0v) is 15.6. The lowest BCUT2D eigenvalue weighted by molar-refractivity contribution is -0.141. The second kappa shape index (κ2) is 9.35. The topological polar surface area (TPSA) is 76.4 Å². The van der Waals surface area contributed by atoms with Crippen molar-refractivity contribution in [2.24, 2.45) is 0 Å². The Balaban J connectivity index is 2.12. The maximum absolute atomic E-state index is 12.3. The summed E-state index contributed by atoms with van der Waals surface area (Å²) in [6.45, 7) is 3.41. The fourth-order valence-electron chi connectivity index (χ4n) is 2.48. The Morgan fingerprint density at radius 1 is 1.15 bits per heavy atom. The molecule has 0 aromatic heterocycles. The van der Waals surface area contributed by atoms with Crippen LogP contribution in [0.3, 0.4) is 0 Å². The summed E-state index contributed by atoms with van der Waals surface area (Å²) in [5.74, 6) is -0.492. The number of hydrogen-bond donors (Lipinski definition) is 0. The van der Waals surface area contributed by atoms with Gasteiger partial charge in [-0.2, -0.15) is 5.26 Å². The molecule has 0 aliphatic carbocycles. The number of aryl methyl sites for hydroxylation is 1. The van der Waals surface area contributed by atoms with E-state index in [9.17, 15) is 9.59 Å². The van der Waals surface area contributed by atoms with E-state index in [1.165, 1.54) is 20.1 Å². The minimum Gasteiger partial charge on any atom is -0.496 e. The first-order valence-corrected chi connectivity index (χ1v) is 8.45. The van der Waals surface area contributed by atoms with Gasteiger partial charge in [0.25, 0.3) is 0 Å². The third kappa shape index (κ3) is 5.55. The number of hydrogen-bond acceptors (Lipinski definition) is 5. The summed E-state index contributed by atoms with van der Waals surface area (Å²) >= 11 is 0. The molecule has 0 amide bonds. The van der Waals surface area contributed by atoms with Crippen LogP contribution in [0, 0.1) is 18.3 Å². The summed E-state index contributed by atoms with van der Waals surface area (Å²) in [7, 11) is 1.51. The number of nitrogens with zero attached hydrogens (tertiary/aromatic N) is 1. The molecule has 0 aliphatic heterocycles. The molecule has 138 valence electrons. The first kappa shape index (κ1) is 19.9. The number of methoxy groups -OCH3 is 1. The molecule has 0 spiro atoms. The zero-order chi connectivity index (χ0) is 19.8. The van der Waals surface area contributed by atoms with Crippen LogP contribution in [0.4, 0.5) is 0 Å². The maximum atomic E-state index is 12.3. The van der Waals surface area contributed by atoms with Gasteiger partial charge in [-0.05, 0) is 43.5 Å². The zero-order valence-electron chi connectivity index (χ0n) is 15.6. The lowest BCUT2D eigenvalue weighted by Gasteiger charge is -2.09. The van der Waals surface area contributed by atoms with Crippen molar-refractivity contribution in [3.63, 3.8) is 0 Å². The quantitative estimate of drug-likeness (QED) is 0.325. The average Bonchev–Trinajstić information content (AvgIpc) is 2.67. The Hall–Kier alpha value is -3.39. The van der Waals surface area contributed by atoms with E-state index in [1.807, 2.05) is 37.3 Å². The molecule has 0 aliphatic rings. The Morgan fingerprint density at radius 2 is 1.85 bits per heavy atom. The number of ether oxygens (including phenoxy) is 2. The third-order valence-electron chi connectivity index (χ3n) is 4.03. The van der Waals surface area contributed by atoms with Gasteiger partial charge in [0.2, 0.25) is 0 Å². The van der Waals surface area contributed by atoms with Crippen LogP contribution < -0.4 is 4.74 Å².